The standard InChI is InChI=1S/C18H17N3O5/c19-18(26)20-10-6-4-9(5-7-10)16(23)21-15-11-2-1-3-14(22)12(11)8-13(15)17(24)25/h1-7,13,15,22H,8H2,(H,21,23)(H,24,25)(H3,19,20,26)/t13-,15+/m0/s1. The van der Waals surface area contributed by atoms with Gasteiger partial charge in [-0.25, -0.2) is 4.79 Å². The Hall–Kier alpha value is -3.55. The summed E-state index contributed by atoms with van der Waals surface area (Å²) in [5.41, 5.74) is 6.90. The fraction of sp³-hybridized carbons (Fsp3) is 0.167. The van der Waals surface area contributed by atoms with Crippen LogP contribution in [0, 0.1) is 5.92 Å². The Balaban J connectivity index is 1.82. The summed E-state index contributed by atoms with van der Waals surface area (Å²) in [6.45, 7) is 0. The van der Waals surface area contributed by atoms with Gasteiger partial charge in [-0.3, -0.25) is 9.59 Å². The van der Waals surface area contributed by atoms with Crippen molar-refractivity contribution in [3.63, 3.8) is 0 Å². The third kappa shape index (κ3) is 3.30. The number of anilines is 1. The molecule has 0 unspecified atom stereocenters. The number of aromatic hydroxyl groups is 1. The maximum absolute atomic E-state index is 12.5. The Labute approximate surface area is 148 Å². The average molecular weight is 355 g/mol. The minimum absolute atomic E-state index is 0.0207. The van der Waals surface area contributed by atoms with Crippen LogP contribution in [0.4, 0.5) is 10.5 Å². The van der Waals surface area contributed by atoms with Crippen molar-refractivity contribution in [2.24, 2.45) is 11.7 Å². The van der Waals surface area contributed by atoms with Crippen LogP contribution in [0.25, 0.3) is 0 Å². The second kappa shape index (κ2) is 6.75. The molecule has 2 aromatic rings. The van der Waals surface area contributed by atoms with E-state index in [4.69, 9.17) is 5.73 Å². The Morgan fingerprint density at radius 3 is 2.38 bits per heavy atom. The van der Waals surface area contributed by atoms with Crippen LogP contribution in [0.15, 0.2) is 42.5 Å². The predicted molar refractivity (Wildman–Crippen MR) is 92.8 cm³/mol. The normalized spacial score (nSPS) is 18.0. The number of carbonyl (C=O) groups excluding carboxylic acids is 2. The van der Waals surface area contributed by atoms with Crippen molar-refractivity contribution in [1.82, 2.24) is 5.32 Å². The van der Waals surface area contributed by atoms with Crippen LogP contribution >= 0.6 is 0 Å². The summed E-state index contributed by atoms with van der Waals surface area (Å²) in [6.07, 6.45) is 0.143. The van der Waals surface area contributed by atoms with Crippen LogP contribution in [-0.4, -0.2) is 28.1 Å². The first-order valence-corrected chi connectivity index (χ1v) is 7.87. The molecule has 6 N–H and O–H groups in total. The van der Waals surface area contributed by atoms with E-state index in [-0.39, 0.29) is 12.2 Å². The molecule has 2 atom stereocenters. The molecule has 0 aromatic heterocycles. The summed E-state index contributed by atoms with van der Waals surface area (Å²) < 4.78 is 0. The van der Waals surface area contributed by atoms with Crippen LogP contribution in [0.1, 0.15) is 27.5 Å². The van der Waals surface area contributed by atoms with Crippen molar-refractivity contribution >= 4 is 23.6 Å². The molecular formula is C18H17N3O5. The van der Waals surface area contributed by atoms with Crippen LogP contribution < -0.4 is 16.4 Å². The number of carbonyl (C=O) groups is 3. The third-order valence-electron chi connectivity index (χ3n) is 4.37. The lowest BCUT2D eigenvalue weighted by Crippen LogP contribution is -2.34. The van der Waals surface area contributed by atoms with Crippen LogP contribution in [0.5, 0.6) is 5.75 Å². The first-order valence-electron chi connectivity index (χ1n) is 7.87. The Morgan fingerprint density at radius 2 is 1.77 bits per heavy atom. The van der Waals surface area contributed by atoms with Gasteiger partial charge in [-0.15, -0.1) is 0 Å². The van der Waals surface area contributed by atoms with Crippen molar-refractivity contribution in [3.8, 4) is 5.75 Å². The van der Waals surface area contributed by atoms with E-state index in [2.05, 4.69) is 10.6 Å². The first-order chi connectivity index (χ1) is 12.4. The van der Waals surface area contributed by atoms with Crippen molar-refractivity contribution in [3.05, 3.63) is 59.2 Å². The first kappa shape index (κ1) is 17.3. The molecule has 1 aliphatic carbocycles. The van der Waals surface area contributed by atoms with E-state index < -0.39 is 29.9 Å². The lowest BCUT2D eigenvalue weighted by Gasteiger charge is -2.19. The van der Waals surface area contributed by atoms with E-state index in [0.29, 0.717) is 22.4 Å². The van der Waals surface area contributed by atoms with Crippen LogP contribution in [0.2, 0.25) is 0 Å². The molecule has 3 amide bonds. The Morgan fingerprint density at radius 1 is 1.08 bits per heavy atom. The van der Waals surface area contributed by atoms with Crippen molar-refractivity contribution in [1.29, 1.82) is 0 Å². The van der Waals surface area contributed by atoms with Gasteiger partial charge in [-0.2, -0.15) is 0 Å². The average Bonchev–Trinajstić information content (AvgIpc) is 2.95. The number of aliphatic carboxylic acids is 1. The number of carboxylic acid groups (broad SMARTS) is 1. The molecule has 0 bridgehead atoms. The molecule has 0 spiro atoms. The zero-order valence-electron chi connectivity index (χ0n) is 13.6. The number of phenolic OH excluding ortho intramolecular Hbond substituents is 1. The van der Waals surface area contributed by atoms with Crippen molar-refractivity contribution in [2.45, 2.75) is 12.5 Å². The maximum Gasteiger partial charge on any atom is 0.316 e. The second-order valence-corrected chi connectivity index (χ2v) is 6.01. The molecule has 0 radical (unpaired) electrons. The van der Waals surface area contributed by atoms with E-state index >= 15 is 0 Å². The molecule has 8 nitrogen and oxygen atoms in total. The molecule has 0 saturated carbocycles. The van der Waals surface area contributed by atoms with Crippen molar-refractivity contribution < 1.29 is 24.6 Å². The van der Waals surface area contributed by atoms with Gasteiger partial charge >= 0.3 is 12.0 Å². The van der Waals surface area contributed by atoms with E-state index in [1.807, 2.05) is 0 Å². The van der Waals surface area contributed by atoms with E-state index in [1.54, 1.807) is 12.1 Å². The SMILES string of the molecule is NC(=O)Nc1ccc(C(=O)N[C@@H]2c3cccc(O)c3C[C@@H]2C(=O)O)cc1. The Kier molecular flexibility index (Phi) is 4.49. The second-order valence-electron chi connectivity index (χ2n) is 6.01. The van der Waals surface area contributed by atoms with Gasteiger partial charge in [0.05, 0.1) is 12.0 Å². The Bertz CT molecular complexity index is 879. The zero-order chi connectivity index (χ0) is 18.8. The molecule has 3 rings (SSSR count). The molecule has 0 heterocycles. The predicted octanol–water partition coefficient (Wildman–Crippen LogP) is 1.61. The molecule has 2 aromatic carbocycles. The van der Waals surface area contributed by atoms with Gasteiger partial charge in [0, 0.05) is 16.8 Å². The van der Waals surface area contributed by atoms with Gasteiger partial charge in [0.15, 0.2) is 0 Å². The van der Waals surface area contributed by atoms with Crippen LogP contribution in [-0.2, 0) is 11.2 Å². The number of phenols is 1. The number of nitrogens with two attached hydrogens (primary N) is 1. The lowest BCUT2D eigenvalue weighted by molar-refractivity contribution is -0.142. The third-order valence-corrected chi connectivity index (χ3v) is 4.37. The van der Waals surface area contributed by atoms with E-state index in [1.165, 1.54) is 30.3 Å². The number of urea groups is 1. The monoisotopic (exact) mass is 355 g/mol. The summed E-state index contributed by atoms with van der Waals surface area (Å²) in [5.74, 6) is -2.35. The number of benzene rings is 2. The number of rotatable bonds is 4. The largest absolute Gasteiger partial charge is 0.508 e. The fourth-order valence-electron chi connectivity index (χ4n) is 3.14. The number of carboxylic acids is 1. The van der Waals surface area contributed by atoms with E-state index in [9.17, 15) is 24.6 Å². The number of hydrogen-bond donors (Lipinski definition) is 5. The number of fused-ring (bicyclic) bond motifs is 1. The number of amides is 3. The number of primary amides is 1. The van der Waals surface area contributed by atoms with Gasteiger partial charge in [-0.1, -0.05) is 12.1 Å². The highest BCUT2D eigenvalue weighted by Gasteiger charge is 2.39. The molecule has 0 saturated heterocycles. The molecular weight excluding hydrogens is 338 g/mol. The lowest BCUT2D eigenvalue weighted by atomic mass is 10.00. The quantitative estimate of drug-likeness (QED) is 0.566. The number of nitrogens with one attached hydrogen (secondary N) is 2. The summed E-state index contributed by atoms with van der Waals surface area (Å²) in [5, 5.41) is 24.5. The minimum atomic E-state index is -1.05. The summed E-state index contributed by atoms with van der Waals surface area (Å²) in [6, 6.07) is 9.37. The number of hydrogen-bond acceptors (Lipinski definition) is 4. The smallest absolute Gasteiger partial charge is 0.316 e. The molecule has 1 aliphatic rings. The molecule has 134 valence electrons. The summed E-state index contributed by atoms with van der Waals surface area (Å²) >= 11 is 0. The molecule has 26 heavy (non-hydrogen) atoms. The van der Waals surface area contributed by atoms with Gasteiger partial charge in [0.1, 0.15) is 5.75 Å². The van der Waals surface area contributed by atoms with Crippen LogP contribution in [0.3, 0.4) is 0 Å². The highest BCUT2D eigenvalue weighted by Crippen LogP contribution is 2.40. The van der Waals surface area contributed by atoms with Gasteiger partial charge in [0.2, 0.25) is 0 Å². The maximum atomic E-state index is 12.5. The molecule has 8 heteroatoms. The fourth-order valence-corrected chi connectivity index (χ4v) is 3.14. The highest BCUT2D eigenvalue weighted by molar-refractivity contribution is 5.96. The molecule has 0 aliphatic heterocycles. The topological polar surface area (TPSA) is 142 Å². The summed E-state index contributed by atoms with van der Waals surface area (Å²) in [4.78, 5) is 34.9. The minimum Gasteiger partial charge on any atom is -0.508 e. The van der Waals surface area contributed by atoms with Gasteiger partial charge in [0.25, 0.3) is 5.91 Å². The van der Waals surface area contributed by atoms with Gasteiger partial charge in [-0.05, 0) is 42.3 Å². The molecule has 0 fully saturated rings. The van der Waals surface area contributed by atoms with Gasteiger partial charge < -0.3 is 26.6 Å². The van der Waals surface area contributed by atoms with Crippen molar-refractivity contribution in [2.75, 3.05) is 5.32 Å². The zero-order valence-corrected chi connectivity index (χ0v) is 13.6. The summed E-state index contributed by atoms with van der Waals surface area (Å²) in [7, 11) is 0. The highest BCUT2D eigenvalue weighted by atomic mass is 16.4. The van der Waals surface area contributed by atoms with E-state index in [0.717, 1.165) is 0 Å².